The van der Waals surface area contributed by atoms with E-state index in [1.165, 1.54) is 128 Å². The van der Waals surface area contributed by atoms with Gasteiger partial charge in [-0.15, -0.1) is 0 Å². The molecule has 0 fully saturated rings. The number of aliphatic hydroxyl groups excluding tert-OH is 1. The van der Waals surface area contributed by atoms with Gasteiger partial charge >= 0.3 is 11.9 Å². The molecule has 42 heavy (non-hydrogen) atoms. The highest BCUT2D eigenvalue weighted by Gasteiger charge is 2.16. The molecule has 0 rings (SSSR count). The van der Waals surface area contributed by atoms with Crippen LogP contribution in [0.3, 0.4) is 0 Å². The molecule has 5 heteroatoms. The molecule has 0 radical (unpaired) electrons. The monoisotopic (exact) mass is 595 g/mol. The fraction of sp³-hybridized carbons (Fsp3) is 0.892. The third kappa shape index (κ3) is 31.6. The van der Waals surface area contributed by atoms with Crippen molar-refractivity contribution in [1.29, 1.82) is 0 Å². The quantitative estimate of drug-likeness (QED) is 0.0465. The van der Waals surface area contributed by atoms with E-state index in [1.807, 2.05) is 0 Å². The SMILES string of the molecule is CCCCCCCCC=CCCCCCCCCCC(=O)OC(CO)COC(=O)CCCCCCCCCCCCC. The van der Waals surface area contributed by atoms with Crippen molar-refractivity contribution in [3.05, 3.63) is 12.2 Å². The molecule has 0 saturated carbocycles. The Morgan fingerprint density at radius 2 is 0.881 bits per heavy atom. The highest BCUT2D eigenvalue weighted by Crippen LogP contribution is 2.14. The molecule has 0 aromatic rings. The second-order valence-corrected chi connectivity index (χ2v) is 12.3. The lowest BCUT2D eigenvalue weighted by Crippen LogP contribution is -2.28. The highest BCUT2D eigenvalue weighted by atomic mass is 16.6. The Morgan fingerprint density at radius 3 is 1.29 bits per heavy atom. The zero-order chi connectivity index (χ0) is 30.8. The molecule has 0 aliphatic heterocycles. The Kier molecular flexibility index (Phi) is 33.0. The summed E-state index contributed by atoms with van der Waals surface area (Å²) in [6.07, 6.45) is 36.9. The normalized spacial score (nSPS) is 12.2. The van der Waals surface area contributed by atoms with Crippen molar-refractivity contribution in [2.75, 3.05) is 13.2 Å². The Hall–Kier alpha value is -1.36. The molecule has 1 N–H and O–H groups in total. The van der Waals surface area contributed by atoms with Crippen LogP contribution in [0.25, 0.3) is 0 Å². The minimum absolute atomic E-state index is 0.0622. The van der Waals surface area contributed by atoms with Crippen LogP contribution in [0.2, 0.25) is 0 Å². The molecule has 0 saturated heterocycles. The van der Waals surface area contributed by atoms with E-state index in [0.29, 0.717) is 12.8 Å². The molecular weight excluding hydrogens is 524 g/mol. The van der Waals surface area contributed by atoms with Crippen LogP contribution in [0, 0.1) is 0 Å². The lowest BCUT2D eigenvalue weighted by atomic mass is 10.1. The van der Waals surface area contributed by atoms with Gasteiger partial charge in [0.25, 0.3) is 0 Å². The van der Waals surface area contributed by atoms with Gasteiger partial charge in [0.15, 0.2) is 6.10 Å². The number of esters is 2. The molecule has 0 spiro atoms. The summed E-state index contributed by atoms with van der Waals surface area (Å²) in [5, 5.41) is 9.51. The predicted octanol–water partition coefficient (Wildman–Crippen LogP) is 11.0. The average Bonchev–Trinajstić information content (AvgIpc) is 2.99. The third-order valence-corrected chi connectivity index (χ3v) is 8.06. The van der Waals surface area contributed by atoms with Crippen LogP contribution in [0.4, 0.5) is 0 Å². The van der Waals surface area contributed by atoms with E-state index in [9.17, 15) is 14.7 Å². The number of ether oxygens (including phenoxy) is 2. The van der Waals surface area contributed by atoms with Crippen LogP contribution < -0.4 is 0 Å². The summed E-state index contributed by atoms with van der Waals surface area (Å²) in [7, 11) is 0. The van der Waals surface area contributed by atoms with Crippen molar-refractivity contribution in [1.82, 2.24) is 0 Å². The Labute approximate surface area is 261 Å². The number of allylic oxidation sites excluding steroid dienone is 2. The Morgan fingerprint density at radius 1 is 0.524 bits per heavy atom. The summed E-state index contributed by atoms with van der Waals surface area (Å²) in [6.45, 7) is 4.12. The van der Waals surface area contributed by atoms with Gasteiger partial charge in [0.05, 0.1) is 6.61 Å². The zero-order valence-corrected chi connectivity index (χ0v) is 28.0. The Balaban J connectivity index is 3.54. The fourth-order valence-electron chi connectivity index (χ4n) is 5.25. The van der Waals surface area contributed by atoms with E-state index in [1.54, 1.807) is 0 Å². The molecule has 0 aliphatic rings. The summed E-state index contributed by atoms with van der Waals surface area (Å²) in [5.74, 6) is -0.590. The van der Waals surface area contributed by atoms with E-state index in [4.69, 9.17) is 9.47 Å². The number of unbranched alkanes of at least 4 members (excludes halogenated alkanes) is 23. The summed E-state index contributed by atoms with van der Waals surface area (Å²) in [4.78, 5) is 24.1. The van der Waals surface area contributed by atoms with Gasteiger partial charge < -0.3 is 14.6 Å². The van der Waals surface area contributed by atoms with E-state index in [0.717, 1.165) is 38.5 Å². The van der Waals surface area contributed by atoms with Gasteiger partial charge in [0.2, 0.25) is 0 Å². The maximum absolute atomic E-state index is 12.1. The maximum atomic E-state index is 12.1. The molecule has 0 amide bonds. The third-order valence-electron chi connectivity index (χ3n) is 8.06. The van der Waals surface area contributed by atoms with Crippen molar-refractivity contribution >= 4 is 11.9 Å². The largest absolute Gasteiger partial charge is 0.462 e. The molecule has 248 valence electrons. The fourth-order valence-corrected chi connectivity index (χ4v) is 5.25. The molecule has 0 bridgehead atoms. The van der Waals surface area contributed by atoms with Crippen molar-refractivity contribution < 1.29 is 24.2 Å². The molecule has 0 aromatic heterocycles. The van der Waals surface area contributed by atoms with Crippen LogP contribution in [0.5, 0.6) is 0 Å². The summed E-state index contributed by atoms with van der Waals surface area (Å²) < 4.78 is 10.6. The van der Waals surface area contributed by atoms with Gasteiger partial charge in [0.1, 0.15) is 6.61 Å². The summed E-state index contributed by atoms with van der Waals surface area (Å²) in [6, 6.07) is 0. The number of hydrogen-bond acceptors (Lipinski definition) is 5. The first-order chi connectivity index (χ1) is 20.6. The van der Waals surface area contributed by atoms with E-state index >= 15 is 0 Å². The molecule has 0 aliphatic carbocycles. The van der Waals surface area contributed by atoms with Crippen LogP contribution in [-0.4, -0.2) is 36.4 Å². The van der Waals surface area contributed by atoms with Crippen LogP contribution >= 0.6 is 0 Å². The zero-order valence-electron chi connectivity index (χ0n) is 28.0. The predicted molar refractivity (Wildman–Crippen MR) is 178 cm³/mol. The van der Waals surface area contributed by atoms with Gasteiger partial charge in [-0.1, -0.05) is 154 Å². The van der Waals surface area contributed by atoms with Gasteiger partial charge in [-0.05, 0) is 38.5 Å². The second-order valence-electron chi connectivity index (χ2n) is 12.3. The lowest BCUT2D eigenvalue weighted by molar-refractivity contribution is -0.161. The van der Waals surface area contributed by atoms with Crippen LogP contribution in [0.15, 0.2) is 12.2 Å². The minimum atomic E-state index is -0.765. The number of rotatable bonds is 33. The standard InChI is InChI=1S/C37H70O5/c1-3-5-7-9-11-13-15-16-17-18-19-20-22-24-26-28-30-32-37(40)42-35(33-38)34-41-36(39)31-29-27-25-23-21-14-12-10-8-6-4-2/h16-17,35,38H,3-15,18-34H2,1-2H3. The number of carbonyl (C=O) groups is 2. The molecular formula is C37H70O5. The van der Waals surface area contributed by atoms with Crippen molar-refractivity contribution in [2.45, 2.75) is 200 Å². The molecule has 1 atom stereocenters. The molecule has 1 unspecified atom stereocenters. The molecule has 0 heterocycles. The number of carbonyl (C=O) groups excluding carboxylic acids is 2. The highest BCUT2D eigenvalue weighted by molar-refractivity contribution is 5.70. The average molecular weight is 595 g/mol. The van der Waals surface area contributed by atoms with Crippen LogP contribution in [-0.2, 0) is 19.1 Å². The van der Waals surface area contributed by atoms with E-state index in [2.05, 4.69) is 26.0 Å². The lowest BCUT2D eigenvalue weighted by Gasteiger charge is -2.15. The van der Waals surface area contributed by atoms with Crippen LogP contribution in [0.1, 0.15) is 194 Å². The smallest absolute Gasteiger partial charge is 0.306 e. The number of aliphatic hydroxyl groups is 1. The van der Waals surface area contributed by atoms with Crippen molar-refractivity contribution in [2.24, 2.45) is 0 Å². The molecule has 0 aromatic carbocycles. The van der Waals surface area contributed by atoms with Gasteiger partial charge in [-0.3, -0.25) is 9.59 Å². The number of hydrogen-bond donors (Lipinski definition) is 1. The first-order valence-corrected chi connectivity index (χ1v) is 18.2. The second kappa shape index (κ2) is 34.1. The van der Waals surface area contributed by atoms with E-state index in [-0.39, 0.29) is 25.2 Å². The first-order valence-electron chi connectivity index (χ1n) is 18.2. The van der Waals surface area contributed by atoms with Gasteiger partial charge in [-0.2, -0.15) is 0 Å². The van der Waals surface area contributed by atoms with Gasteiger partial charge in [0, 0.05) is 12.8 Å². The van der Waals surface area contributed by atoms with Gasteiger partial charge in [-0.25, -0.2) is 0 Å². The Bertz CT molecular complexity index is 603. The van der Waals surface area contributed by atoms with Crippen molar-refractivity contribution in [3.8, 4) is 0 Å². The maximum Gasteiger partial charge on any atom is 0.306 e. The topological polar surface area (TPSA) is 72.8 Å². The molecule has 5 nitrogen and oxygen atoms in total. The first kappa shape index (κ1) is 40.6. The van der Waals surface area contributed by atoms with Crippen molar-refractivity contribution in [3.63, 3.8) is 0 Å². The minimum Gasteiger partial charge on any atom is -0.462 e. The summed E-state index contributed by atoms with van der Waals surface area (Å²) >= 11 is 0. The summed E-state index contributed by atoms with van der Waals surface area (Å²) in [5.41, 5.74) is 0. The van der Waals surface area contributed by atoms with E-state index < -0.39 is 6.10 Å².